The first-order valence-electron chi connectivity index (χ1n) is 10.8. The van der Waals surface area contributed by atoms with Crippen LogP contribution >= 0.6 is 0 Å². The van der Waals surface area contributed by atoms with Gasteiger partial charge in [0.2, 0.25) is 0 Å². The molecule has 0 saturated carbocycles. The van der Waals surface area contributed by atoms with Gasteiger partial charge in [0.1, 0.15) is 0 Å². The number of unbranched alkanes of at least 4 members (excludes halogenated alkanes) is 3. The Kier molecular flexibility index (Phi) is 9.25. The predicted molar refractivity (Wildman–Crippen MR) is 121 cm³/mol. The van der Waals surface area contributed by atoms with Gasteiger partial charge in [-0.3, -0.25) is 0 Å². The topological polar surface area (TPSA) is 0 Å². The van der Waals surface area contributed by atoms with Crippen molar-refractivity contribution in [2.24, 2.45) is 0 Å². The number of rotatable bonds is 11. The summed E-state index contributed by atoms with van der Waals surface area (Å²) in [6.45, 7) is 9.23. The van der Waals surface area contributed by atoms with Gasteiger partial charge in [0.25, 0.3) is 0 Å². The van der Waals surface area contributed by atoms with Crippen LogP contribution in [-0.4, -0.2) is 18.4 Å². The molecule has 0 nitrogen and oxygen atoms in total. The molecule has 0 bridgehead atoms. The van der Waals surface area contributed by atoms with Crippen molar-refractivity contribution < 1.29 is 0 Å². The maximum atomic E-state index is 2.52. The third-order valence-corrected chi connectivity index (χ3v) is 21.6. The molecule has 0 spiro atoms. The minimum atomic E-state index is -2.26. The molecule has 1 heteroatoms. The van der Waals surface area contributed by atoms with Crippen LogP contribution < -0.4 is 3.58 Å². The molecule has 142 valence electrons. The molecule has 0 heterocycles. The van der Waals surface area contributed by atoms with Gasteiger partial charge in [0.05, 0.1) is 0 Å². The zero-order chi connectivity index (χ0) is 18.8. The van der Waals surface area contributed by atoms with E-state index in [1.165, 1.54) is 55.2 Å². The molecule has 0 aromatic heterocycles. The molecule has 0 saturated heterocycles. The third-order valence-electron chi connectivity index (χ3n) is 5.91. The summed E-state index contributed by atoms with van der Waals surface area (Å²) in [5.74, 6) is 0. The molecule has 0 unspecified atom stereocenters. The summed E-state index contributed by atoms with van der Waals surface area (Å²) in [7, 11) is 0. The van der Waals surface area contributed by atoms with Crippen molar-refractivity contribution >= 4 is 22.0 Å². The maximum absolute atomic E-state index is 2.52. The Morgan fingerprint density at radius 3 is 1.35 bits per heavy atom. The molecule has 0 aliphatic carbocycles. The van der Waals surface area contributed by atoms with Crippen LogP contribution in [0.25, 0.3) is 11.1 Å². The quantitative estimate of drug-likeness (QED) is 0.303. The van der Waals surface area contributed by atoms with E-state index < -0.39 is 18.4 Å². The Bertz CT molecular complexity index is 602. The van der Waals surface area contributed by atoms with Crippen LogP contribution in [0.5, 0.6) is 0 Å². The fourth-order valence-electron chi connectivity index (χ4n) is 4.12. The molecule has 2 rings (SSSR count). The van der Waals surface area contributed by atoms with Gasteiger partial charge in [-0.15, -0.1) is 0 Å². The van der Waals surface area contributed by atoms with Crippen LogP contribution in [0.4, 0.5) is 0 Å². The van der Waals surface area contributed by atoms with Gasteiger partial charge < -0.3 is 0 Å². The molecule has 0 N–H and O–H groups in total. The fourth-order valence-corrected chi connectivity index (χ4v) is 20.0. The van der Waals surface area contributed by atoms with Gasteiger partial charge >= 0.3 is 167 Å². The van der Waals surface area contributed by atoms with E-state index in [0.29, 0.717) is 0 Å². The Balaban J connectivity index is 2.31. The first kappa shape index (κ1) is 21.5. The van der Waals surface area contributed by atoms with Gasteiger partial charge in [0, 0.05) is 0 Å². The van der Waals surface area contributed by atoms with E-state index in [2.05, 4.69) is 76.2 Å². The molecule has 2 aromatic carbocycles. The summed E-state index contributed by atoms with van der Waals surface area (Å²) in [6.07, 6.45) is 8.34. The molecule has 0 aliphatic heterocycles. The molecule has 0 radical (unpaired) electrons. The summed E-state index contributed by atoms with van der Waals surface area (Å²) in [6, 6.07) is 18.8. The zero-order valence-corrected chi connectivity index (χ0v) is 20.3. The second-order valence-corrected chi connectivity index (χ2v) is 21.3. The van der Waals surface area contributed by atoms with Crippen molar-refractivity contribution in [1.82, 2.24) is 0 Å². The molecular weight excluding hydrogens is 419 g/mol. The number of hydrogen-bond acceptors (Lipinski definition) is 0. The van der Waals surface area contributed by atoms with Gasteiger partial charge in [-0.25, -0.2) is 0 Å². The van der Waals surface area contributed by atoms with E-state index in [1.807, 2.05) is 0 Å². The second kappa shape index (κ2) is 11.2. The molecule has 2 aromatic rings. The Labute approximate surface area is 166 Å². The Morgan fingerprint density at radius 1 is 0.577 bits per heavy atom. The molecule has 0 atom stereocenters. The van der Waals surface area contributed by atoms with Gasteiger partial charge in [-0.2, -0.15) is 0 Å². The standard InChI is InChI=1S/C13H11.3C4H9.Sn/c1-11-7-9-13(10-8-11)12-5-3-2-4-6-12;3*1-3-4-2;/h3-10H,1H3;3*1,3-4H2,2H3;. The molecule has 0 aliphatic rings. The summed E-state index contributed by atoms with van der Waals surface area (Å²) in [5, 5.41) is 0. The first-order chi connectivity index (χ1) is 12.6. The van der Waals surface area contributed by atoms with Gasteiger partial charge in [-0.05, 0) is 0 Å². The summed E-state index contributed by atoms with van der Waals surface area (Å²) >= 11 is -2.26. The van der Waals surface area contributed by atoms with E-state index in [0.717, 1.165) is 0 Å². The Morgan fingerprint density at radius 2 is 0.962 bits per heavy atom. The van der Waals surface area contributed by atoms with Crippen molar-refractivity contribution in [2.75, 3.05) is 0 Å². The molecular formula is C25H38Sn. The monoisotopic (exact) mass is 458 g/mol. The van der Waals surface area contributed by atoms with Crippen LogP contribution in [0.3, 0.4) is 0 Å². The second-order valence-electron chi connectivity index (χ2n) is 8.03. The van der Waals surface area contributed by atoms with Crippen molar-refractivity contribution in [3.05, 3.63) is 54.1 Å². The van der Waals surface area contributed by atoms with E-state index in [1.54, 1.807) is 16.9 Å². The van der Waals surface area contributed by atoms with Crippen LogP contribution in [0.15, 0.2) is 48.5 Å². The number of hydrogen-bond donors (Lipinski definition) is 0. The predicted octanol–water partition coefficient (Wildman–Crippen LogP) is 7.72. The van der Waals surface area contributed by atoms with E-state index >= 15 is 0 Å². The summed E-state index contributed by atoms with van der Waals surface area (Å²) in [5.41, 5.74) is 4.05. The Hall–Kier alpha value is -0.761. The SMILES string of the molecule is CCC[CH2][Sn]([CH2]CCC)([CH2]CCC)[c]1ccc(-c2ccc(C)cc2)cc1. The number of aryl methyl sites for hydroxylation is 1. The van der Waals surface area contributed by atoms with E-state index in [4.69, 9.17) is 0 Å². The van der Waals surface area contributed by atoms with Crippen LogP contribution in [-0.2, 0) is 0 Å². The summed E-state index contributed by atoms with van der Waals surface area (Å²) in [4.78, 5) is 0. The normalized spacial score (nSPS) is 11.7. The van der Waals surface area contributed by atoms with Gasteiger partial charge in [-0.1, -0.05) is 0 Å². The average molecular weight is 457 g/mol. The van der Waals surface area contributed by atoms with Gasteiger partial charge in [0.15, 0.2) is 0 Å². The minimum absolute atomic E-state index is 1.33. The van der Waals surface area contributed by atoms with Crippen molar-refractivity contribution in [2.45, 2.75) is 79.5 Å². The van der Waals surface area contributed by atoms with Crippen LogP contribution in [0, 0.1) is 6.92 Å². The third kappa shape index (κ3) is 5.87. The summed E-state index contributed by atoms with van der Waals surface area (Å²) < 4.78 is 6.43. The molecule has 0 fully saturated rings. The zero-order valence-electron chi connectivity index (χ0n) is 17.5. The van der Waals surface area contributed by atoms with Crippen molar-refractivity contribution in [3.63, 3.8) is 0 Å². The van der Waals surface area contributed by atoms with E-state index in [9.17, 15) is 0 Å². The van der Waals surface area contributed by atoms with Crippen LogP contribution in [0.2, 0.25) is 13.3 Å². The molecule has 0 amide bonds. The first-order valence-corrected chi connectivity index (χ1v) is 18.3. The molecule has 26 heavy (non-hydrogen) atoms. The van der Waals surface area contributed by atoms with Crippen LogP contribution in [0.1, 0.15) is 64.9 Å². The fraction of sp³-hybridized carbons (Fsp3) is 0.520. The van der Waals surface area contributed by atoms with Crippen molar-refractivity contribution in [1.29, 1.82) is 0 Å². The van der Waals surface area contributed by atoms with Crippen molar-refractivity contribution in [3.8, 4) is 11.1 Å². The average Bonchev–Trinajstić information content (AvgIpc) is 2.68. The number of benzene rings is 2. The van der Waals surface area contributed by atoms with E-state index in [-0.39, 0.29) is 0 Å².